The van der Waals surface area contributed by atoms with Crippen LogP contribution in [-0.2, 0) is 4.79 Å². The van der Waals surface area contributed by atoms with Gasteiger partial charge < -0.3 is 10.1 Å². The van der Waals surface area contributed by atoms with Crippen molar-refractivity contribution in [3.8, 4) is 5.75 Å². The number of carbonyl (C=O) groups is 1. The zero-order chi connectivity index (χ0) is 13.1. The third-order valence-corrected chi connectivity index (χ3v) is 2.59. The molecule has 0 aliphatic heterocycles. The standard InChI is InChI=1S/C13H18BrNO2/c1-5-17-11-8-9(2)6-7-10(11)15-12(16)13(3,4)14/h6-8H,5H2,1-4H3,(H,15,16). The molecule has 0 atom stereocenters. The Bertz CT molecular complexity index is 410. The Morgan fingerprint density at radius 2 is 2.12 bits per heavy atom. The molecule has 0 aliphatic carbocycles. The summed E-state index contributed by atoms with van der Waals surface area (Å²) in [6.07, 6.45) is 0. The first-order valence-corrected chi connectivity index (χ1v) is 6.37. The molecule has 0 fully saturated rings. The van der Waals surface area contributed by atoms with Gasteiger partial charge in [-0.05, 0) is 45.4 Å². The van der Waals surface area contributed by atoms with Crippen molar-refractivity contribution in [2.24, 2.45) is 0 Å². The van der Waals surface area contributed by atoms with Crippen molar-refractivity contribution in [1.29, 1.82) is 0 Å². The molecule has 0 aliphatic rings. The number of rotatable bonds is 4. The van der Waals surface area contributed by atoms with Gasteiger partial charge in [0.1, 0.15) is 5.75 Å². The lowest BCUT2D eigenvalue weighted by Crippen LogP contribution is -2.31. The molecule has 0 unspecified atom stereocenters. The average molecular weight is 300 g/mol. The monoisotopic (exact) mass is 299 g/mol. The van der Waals surface area contributed by atoms with Crippen molar-refractivity contribution in [2.45, 2.75) is 32.0 Å². The number of carbonyl (C=O) groups excluding carboxylic acids is 1. The van der Waals surface area contributed by atoms with E-state index in [2.05, 4.69) is 21.2 Å². The van der Waals surface area contributed by atoms with E-state index in [1.807, 2.05) is 32.0 Å². The van der Waals surface area contributed by atoms with Gasteiger partial charge in [-0.3, -0.25) is 4.79 Å². The maximum atomic E-state index is 11.9. The van der Waals surface area contributed by atoms with Crippen molar-refractivity contribution in [3.63, 3.8) is 0 Å². The Morgan fingerprint density at radius 3 is 2.65 bits per heavy atom. The molecule has 0 saturated carbocycles. The second-order valence-electron chi connectivity index (χ2n) is 4.36. The summed E-state index contributed by atoms with van der Waals surface area (Å²) in [5.74, 6) is 0.611. The predicted molar refractivity (Wildman–Crippen MR) is 74.0 cm³/mol. The summed E-state index contributed by atoms with van der Waals surface area (Å²) in [6.45, 7) is 8.09. The number of halogens is 1. The van der Waals surface area contributed by atoms with E-state index in [-0.39, 0.29) is 5.91 Å². The zero-order valence-corrected chi connectivity index (χ0v) is 12.2. The van der Waals surface area contributed by atoms with E-state index in [4.69, 9.17) is 4.74 Å². The van der Waals surface area contributed by atoms with Gasteiger partial charge in [0.25, 0.3) is 0 Å². The molecule has 0 aromatic heterocycles. The van der Waals surface area contributed by atoms with Crippen LogP contribution in [0, 0.1) is 6.92 Å². The number of alkyl halides is 1. The number of ether oxygens (including phenoxy) is 1. The van der Waals surface area contributed by atoms with Crippen LogP contribution in [0.1, 0.15) is 26.3 Å². The Balaban J connectivity index is 2.94. The number of benzene rings is 1. The summed E-state index contributed by atoms with van der Waals surface area (Å²) in [4.78, 5) is 11.9. The van der Waals surface area contributed by atoms with Crippen LogP contribution in [0.3, 0.4) is 0 Å². The van der Waals surface area contributed by atoms with E-state index in [1.54, 1.807) is 13.8 Å². The fourth-order valence-corrected chi connectivity index (χ4v) is 1.38. The molecule has 94 valence electrons. The molecule has 0 saturated heterocycles. The van der Waals surface area contributed by atoms with Gasteiger partial charge in [0.05, 0.1) is 16.6 Å². The number of anilines is 1. The van der Waals surface area contributed by atoms with E-state index in [1.165, 1.54) is 0 Å². The van der Waals surface area contributed by atoms with Crippen LogP contribution in [0.5, 0.6) is 5.75 Å². The number of aryl methyl sites for hydroxylation is 1. The largest absolute Gasteiger partial charge is 0.492 e. The molecular weight excluding hydrogens is 282 g/mol. The predicted octanol–water partition coefficient (Wildman–Crippen LogP) is 3.51. The number of hydrogen-bond donors (Lipinski definition) is 1. The molecule has 1 rings (SSSR count). The summed E-state index contributed by atoms with van der Waals surface area (Å²) in [7, 11) is 0. The van der Waals surface area contributed by atoms with E-state index in [0.29, 0.717) is 18.0 Å². The van der Waals surface area contributed by atoms with E-state index in [0.717, 1.165) is 5.56 Å². The molecule has 0 radical (unpaired) electrons. The van der Waals surface area contributed by atoms with Crippen molar-refractivity contribution >= 4 is 27.5 Å². The normalized spacial score (nSPS) is 11.1. The molecule has 1 amide bonds. The van der Waals surface area contributed by atoms with Crippen LogP contribution in [0.15, 0.2) is 18.2 Å². The van der Waals surface area contributed by atoms with Crippen LogP contribution in [0.2, 0.25) is 0 Å². The van der Waals surface area contributed by atoms with Crippen LogP contribution < -0.4 is 10.1 Å². The SMILES string of the molecule is CCOc1cc(C)ccc1NC(=O)C(C)(C)Br. The molecule has 0 heterocycles. The Hall–Kier alpha value is -1.03. The molecule has 3 nitrogen and oxygen atoms in total. The van der Waals surface area contributed by atoms with Crippen LogP contribution in [-0.4, -0.2) is 16.8 Å². The molecule has 1 N–H and O–H groups in total. The Morgan fingerprint density at radius 1 is 1.47 bits per heavy atom. The first-order valence-electron chi connectivity index (χ1n) is 5.58. The molecule has 1 aromatic rings. The highest BCUT2D eigenvalue weighted by Gasteiger charge is 2.24. The zero-order valence-electron chi connectivity index (χ0n) is 10.6. The number of amides is 1. The van der Waals surface area contributed by atoms with E-state index >= 15 is 0 Å². The minimum Gasteiger partial charge on any atom is -0.492 e. The third kappa shape index (κ3) is 4.04. The molecule has 1 aromatic carbocycles. The maximum Gasteiger partial charge on any atom is 0.240 e. The minimum atomic E-state index is -0.596. The van der Waals surface area contributed by atoms with Gasteiger partial charge in [-0.25, -0.2) is 0 Å². The van der Waals surface area contributed by atoms with Gasteiger partial charge >= 0.3 is 0 Å². The highest BCUT2D eigenvalue weighted by molar-refractivity contribution is 9.10. The number of hydrogen-bond acceptors (Lipinski definition) is 2. The smallest absolute Gasteiger partial charge is 0.240 e. The van der Waals surface area contributed by atoms with Gasteiger partial charge in [0, 0.05) is 0 Å². The summed E-state index contributed by atoms with van der Waals surface area (Å²) in [5.41, 5.74) is 1.81. The van der Waals surface area contributed by atoms with Crippen molar-refractivity contribution in [1.82, 2.24) is 0 Å². The van der Waals surface area contributed by atoms with Gasteiger partial charge in [-0.2, -0.15) is 0 Å². The van der Waals surface area contributed by atoms with Crippen molar-refractivity contribution in [2.75, 3.05) is 11.9 Å². The summed E-state index contributed by atoms with van der Waals surface area (Å²) < 4.78 is 4.91. The number of nitrogens with one attached hydrogen (secondary N) is 1. The Labute approximate surface area is 111 Å². The van der Waals surface area contributed by atoms with Crippen LogP contribution in [0.4, 0.5) is 5.69 Å². The van der Waals surface area contributed by atoms with Gasteiger partial charge in [-0.1, -0.05) is 22.0 Å². The van der Waals surface area contributed by atoms with E-state index < -0.39 is 4.32 Å². The summed E-state index contributed by atoms with van der Waals surface area (Å²) in [6, 6.07) is 5.72. The first kappa shape index (κ1) is 14.0. The average Bonchev–Trinajstić information content (AvgIpc) is 2.21. The van der Waals surface area contributed by atoms with E-state index in [9.17, 15) is 4.79 Å². The summed E-state index contributed by atoms with van der Waals surface area (Å²) in [5, 5.41) is 2.85. The maximum absolute atomic E-state index is 11.9. The van der Waals surface area contributed by atoms with Gasteiger partial charge in [0.15, 0.2) is 0 Å². The molecular formula is C13H18BrNO2. The lowest BCUT2D eigenvalue weighted by atomic mass is 10.1. The second kappa shape index (κ2) is 5.54. The third-order valence-electron chi connectivity index (χ3n) is 2.23. The molecule has 17 heavy (non-hydrogen) atoms. The van der Waals surface area contributed by atoms with Crippen molar-refractivity contribution in [3.05, 3.63) is 23.8 Å². The first-order chi connectivity index (χ1) is 7.84. The minimum absolute atomic E-state index is 0.0951. The van der Waals surface area contributed by atoms with Crippen molar-refractivity contribution < 1.29 is 9.53 Å². The molecule has 4 heteroatoms. The van der Waals surface area contributed by atoms with Crippen LogP contribution in [0.25, 0.3) is 0 Å². The highest BCUT2D eigenvalue weighted by atomic mass is 79.9. The quantitative estimate of drug-likeness (QED) is 0.864. The van der Waals surface area contributed by atoms with Gasteiger partial charge in [-0.15, -0.1) is 0 Å². The summed E-state index contributed by atoms with van der Waals surface area (Å²) >= 11 is 3.33. The molecule has 0 spiro atoms. The topological polar surface area (TPSA) is 38.3 Å². The fraction of sp³-hybridized carbons (Fsp3) is 0.462. The lowest BCUT2D eigenvalue weighted by molar-refractivity contribution is -0.117. The fourth-order valence-electron chi connectivity index (χ4n) is 1.28. The van der Waals surface area contributed by atoms with Gasteiger partial charge in [0.2, 0.25) is 5.91 Å². The lowest BCUT2D eigenvalue weighted by Gasteiger charge is -2.18. The molecule has 0 bridgehead atoms. The van der Waals surface area contributed by atoms with Crippen LogP contribution >= 0.6 is 15.9 Å². The Kier molecular flexibility index (Phi) is 4.57. The second-order valence-corrected chi connectivity index (χ2v) is 6.34. The highest BCUT2D eigenvalue weighted by Crippen LogP contribution is 2.27.